The topological polar surface area (TPSA) is 75.5 Å². The van der Waals surface area contributed by atoms with E-state index in [4.69, 9.17) is 14.2 Å². The second-order valence-electron chi connectivity index (χ2n) is 5.69. The standard InChI is InChI=1S/C19H21N3O4/c1-4-24-15-5-7-16(8-6-15)25-9-10-26-19(23)14-11-17-13(2)21-22(3)18(17)20-12-14/h5-8,11-12H,4,9-10H2,1-3H3. The summed E-state index contributed by atoms with van der Waals surface area (Å²) in [5, 5.41) is 5.13. The molecule has 0 atom stereocenters. The first-order valence-electron chi connectivity index (χ1n) is 8.40. The number of aromatic nitrogens is 3. The van der Waals surface area contributed by atoms with Gasteiger partial charge in [-0.1, -0.05) is 0 Å². The van der Waals surface area contributed by atoms with Crippen LogP contribution in [0.25, 0.3) is 11.0 Å². The summed E-state index contributed by atoms with van der Waals surface area (Å²) in [7, 11) is 1.82. The zero-order valence-corrected chi connectivity index (χ0v) is 15.1. The van der Waals surface area contributed by atoms with Gasteiger partial charge in [0.05, 0.1) is 17.9 Å². The molecule has 3 rings (SSSR count). The van der Waals surface area contributed by atoms with Gasteiger partial charge in [-0.2, -0.15) is 5.10 Å². The first-order chi connectivity index (χ1) is 12.6. The van der Waals surface area contributed by atoms with Crippen LogP contribution in [0.15, 0.2) is 36.5 Å². The normalized spacial score (nSPS) is 10.7. The van der Waals surface area contributed by atoms with Crippen molar-refractivity contribution in [3.05, 3.63) is 47.8 Å². The summed E-state index contributed by atoms with van der Waals surface area (Å²) >= 11 is 0. The van der Waals surface area contributed by atoms with Crippen molar-refractivity contribution in [2.24, 2.45) is 7.05 Å². The fraction of sp³-hybridized carbons (Fsp3) is 0.316. The molecule has 0 radical (unpaired) electrons. The van der Waals surface area contributed by atoms with Crippen molar-refractivity contribution < 1.29 is 19.0 Å². The van der Waals surface area contributed by atoms with Crippen LogP contribution in [0.2, 0.25) is 0 Å². The molecule has 0 spiro atoms. The molecule has 0 aliphatic rings. The molecule has 2 heterocycles. The monoisotopic (exact) mass is 355 g/mol. The maximum absolute atomic E-state index is 12.2. The molecule has 0 fully saturated rings. The maximum Gasteiger partial charge on any atom is 0.339 e. The molecule has 0 amide bonds. The number of pyridine rings is 1. The van der Waals surface area contributed by atoms with Gasteiger partial charge >= 0.3 is 5.97 Å². The smallest absolute Gasteiger partial charge is 0.339 e. The van der Waals surface area contributed by atoms with Gasteiger partial charge in [-0.05, 0) is 44.2 Å². The molecule has 7 nitrogen and oxygen atoms in total. The molecule has 0 aliphatic carbocycles. The highest BCUT2D eigenvalue weighted by molar-refractivity contribution is 5.93. The first kappa shape index (κ1) is 17.7. The number of benzene rings is 1. The lowest BCUT2D eigenvalue weighted by Crippen LogP contribution is -2.12. The zero-order valence-electron chi connectivity index (χ0n) is 15.1. The Hall–Kier alpha value is -3.09. The van der Waals surface area contributed by atoms with E-state index in [1.165, 1.54) is 6.20 Å². The number of nitrogens with zero attached hydrogens (tertiary/aromatic N) is 3. The number of rotatable bonds is 7. The molecule has 7 heteroatoms. The summed E-state index contributed by atoms with van der Waals surface area (Å²) in [6.45, 7) is 4.85. The first-order valence-corrected chi connectivity index (χ1v) is 8.40. The average molecular weight is 355 g/mol. The van der Waals surface area contributed by atoms with Crippen LogP contribution in [0.1, 0.15) is 23.0 Å². The second-order valence-corrected chi connectivity index (χ2v) is 5.69. The number of aryl methyl sites for hydroxylation is 2. The number of esters is 1. The number of carbonyl (C=O) groups is 1. The van der Waals surface area contributed by atoms with Crippen molar-refractivity contribution in [3.63, 3.8) is 0 Å². The zero-order chi connectivity index (χ0) is 18.5. The van der Waals surface area contributed by atoms with Gasteiger partial charge in [-0.25, -0.2) is 9.78 Å². The van der Waals surface area contributed by atoms with Crippen molar-refractivity contribution in [2.75, 3.05) is 19.8 Å². The van der Waals surface area contributed by atoms with Crippen LogP contribution in [-0.2, 0) is 11.8 Å². The van der Waals surface area contributed by atoms with Crippen molar-refractivity contribution in [1.82, 2.24) is 14.8 Å². The lowest BCUT2D eigenvalue weighted by Gasteiger charge is -2.08. The molecule has 136 valence electrons. The number of ether oxygens (including phenoxy) is 3. The van der Waals surface area contributed by atoms with E-state index in [2.05, 4.69) is 10.1 Å². The number of hydrogen-bond acceptors (Lipinski definition) is 6. The van der Waals surface area contributed by atoms with Gasteiger partial charge < -0.3 is 14.2 Å². The summed E-state index contributed by atoms with van der Waals surface area (Å²) in [6.07, 6.45) is 1.50. The Kier molecular flexibility index (Phi) is 5.36. The van der Waals surface area contributed by atoms with Crippen LogP contribution in [0.3, 0.4) is 0 Å². The number of carbonyl (C=O) groups excluding carboxylic acids is 1. The summed E-state index contributed by atoms with van der Waals surface area (Å²) in [5.74, 6) is 1.05. The fourth-order valence-corrected chi connectivity index (χ4v) is 2.60. The molecule has 0 aliphatic heterocycles. The van der Waals surface area contributed by atoms with Gasteiger partial charge in [-0.3, -0.25) is 4.68 Å². The van der Waals surface area contributed by atoms with Crippen LogP contribution >= 0.6 is 0 Å². The summed E-state index contributed by atoms with van der Waals surface area (Å²) in [6, 6.07) is 9.05. The molecule has 0 saturated carbocycles. The van der Waals surface area contributed by atoms with Gasteiger partial charge in [0.1, 0.15) is 24.7 Å². The van der Waals surface area contributed by atoms with Gasteiger partial charge in [0, 0.05) is 18.6 Å². The quantitative estimate of drug-likeness (QED) is 0.479. The Morgan fingerprint density at radius 1 is 1.12 bits per heavy atom. The third-order valence-corrected chi connectivity index (χ3v) is 3.82. The van der Waals surface area contributed by atoms with E-state index in [9.17, 15) is 4.79 Å². The summed E-state index contributed by atoms with van der Waals surface area (Å²) < 4.78 is 17.9. The van der Waals surface area contributed by atoms with Crippen molar-refractivity contribution in [2.45, 2.75) is 13.8 Å². The minimum Gasteiger partial charge on any atom is -0.494 e. The van der Waals surface area contributed by atoms with E-state index in [1.807, 2.05) is 45.2 Å². The predicted octanol–water partition coefficient (Wildman–Crippen LogP) is 2.91. The van der Waals surface area contributed by atoms with Crippen molar-refractivity contribution in [1.29, 1.82) is 0 Å². The largest absolute Gasteiger partial charge is 0.494 e. The van der Waals surface area contributed by atoms with Crippen molar-refractivity contribution >= 4 is 17.0 Å². The molecule has 0 bridgehead atoms. The van der Waals surface area contributed by atoms with Gasteiger partial charge in [0.2, 0.25) is 0 Å². The van der Waals surface area contributed by atoms with Crippen LogP contribution in [-0.4, -0.2) is 40.6 Å². The van der Waals surface area contributed by atoms with Gasteiger partial charge in [0.15, 0.2) is 5.65 Å². The highest BCUT2D eigenvalue weighted by Crippen LogP contribution is 2.18. The molecular weight excluding hydrogens is 334 g/mol. The van der Waals surface area contributed by atoms with Crippen LogP contribution in [0.5, 0.6) is 11.5 Å². The lowest BCUT2D eigenvalue weighted by molar-refractivity contribution is 0.0450. The van der Waals surface area contributed by atoms with E-state index >= 15 is 0 Å². The SMILES string of the molecule is CCOc1ccc(OCCOC(=O)c2cnc3c(c2)c(C)nn3C)cc1. The highest BCUT2D eigenvalue weighted by atomic mass is 16.6. The van der Waals surface area contributed by atoms with E-state index in [-0.39, 0.29) is 13.2 Å². The molecule has 0 N–H and O–H groups in total. The predicted molar refractivity (Wildman–Crippen MR) is 96.6 cm³/mol. The number of hydrogen-bond donors (Lipinski definition) is 0. The minimum atomic E-state index is -0.432. The molecule has 0 unspecified atom stereocenters. The minimum absolute atomic E-state index is 0.149. The Labute approximate surface area is 151 Å². The van der Waals surface area contributed by atoms with E-state index in [1.54, 1.807) is 10.7 Å². The summed E-state index contributed by atoms with van der Waals surface area (Å²) in [5.41, 5.74) is 1.95. The molecular formula is C19H21N3O4. The van der Waals surface area contributed by atoms with Gasteiger partial charge in [-0.15, -0.1) is 0 Å². The molecule has 26 heavy (non-hydrogen) atoms. The maximum atomic E-state index is 12.2. The Balaban J connectivity index is 1.51. The van der Waals surface area contributed by atoms with Crippen LogP contribution in [0.4, 0.5) is 0 Å². The third kappa shape index (κ3) is 3.93. The van der Waals surface area contributed by atoms with Gasteiger partial charge in [0.25, 0.3) is 0 Å². The molecule has 0 saturated heterocycles. The summed E-state index contributed by atoms with van der Waals surface area (Å²) in [4.78, 5) is 16.5. The number of fused-ring (bicyclic) bond motifs is 1. The average Bonchev–Trinajstić information content (AvgIpc) is 2.94. The Morgan fingerprint density at radius 3 is 2.50 bits per heavy atom. The van der Waals surface area contributed by atoms with Crippen LogP contribution in [0, 0.1) is 6.92 Å². The van der Waals surface area contributed by atoms with E-state index in [0.717, 1.165) is 22.5 Å². The lowest BCUT2D eigenvalue weighted by atomic mass is 10.2. The molecule has 3 aromatic rings. The fourth-order valence-electron chi connectivity index (χ4n) is 2.60. The van der Waals surface area contributed by atoms with E-state index in [0.29, 0.717) is 17.9 Å². The molecule has 1 aromatic carbocycles. The second kappa shape index (κ2) is 7.86. The highest BCUT2D eigenvalue weighted by Gasteiger charge is 2.12. The Morgan fingerprint density at radius 2 is 1.81 bits per heavy atom. The third-order valence-electron chi connectivity index (χ3n) is 3.82. The van der Waals surface area contributed by atoms with Crippen LogP contribution < -0.4 is 9.47 Å². The van der Waals surface area contributed by atoms with E-state index < -0.39 is 5.97 Å². The molecule has 2 aromatic heterocycles. The Bertz CT molecular complexity index is 903. The van der Waals surface area contributed by atoms with Crippen molar-refractivity contribution in [3.8, 4) is 11.5 Å².